The van der Waals surface area contributed by atoms with Crippen LogP contribution in [0.5, 0.6) is 0 Å². The van der Waals surface area contributed by atoms with E-state index in [9.17, 15) is 4.79 Å². The first-order valence-electron chi connectivity index (χ1n) is 3.39. The molecule has 2 atom stereocenters. The molecule has 0 aliphatic heterocycles. The summed E-state index contributed by atoms with van der Waals surface area (Å²) in [5.41, 5.74) is -0.470. The summed E-state index contributed by atoms with van der Waals surface area (Å²) in [7, 11) is 0. The Bertz CT molecular complexity index is 114. The lowest BCUT2D eigenvalue weighted by Crippen LogP contribution is -2.17. The van der Waals surface area contributed by atoms with Crippen molar-refractivity contribution in [3.8, 4) is 0 Å². The Morgan fingerprint density at radius 2 is 2.20 bits per heavy atom. The Kier molecular flexibility index (Phi) is 4.45. The van der Waals surface area contributed by atoms with Crippen LogP contribution in [0.3, 0.4) is 0 Å². The van der Waals surface area contributed by atoms with Gasteiger partial charge in [0.05, 0.1) is 0 Å². The lowest BCUT2D eigenvalue weighted by atomic mass is 10.1. The minimum Gasteiger partial charge on any atom is -0.446 e. The lowest BCUT2D eigenvalue weighted by molar-refractivity contribution is -0.144. The first-order chi connectivity index (χ1) is 4.57. The maximum absolute atomic E-state index is 10.4. The van der Waals surface area contributed by atoms with E-state index in [1.807, 2.05) is 13.8 Å². The van der Waals surface area contributed by atoms with Crippen LogP contribution in [0.15, 0.2) is 0 Å². The molecule has 0 fully saturated rings. The van der Waals surface area contributed by atoms with Crippen LogP contribution in [-0.2, 0) is 9.53 Å². The number of alkyl halides is 1. The number of hydrogen-bond acceptors (Lipinski definition) is 2. The van der Waals surface area contributed by atoms with Crippen LogP contribution in [0.1, 0.15) is 27.2 Å². The zero-order chi connectivity index (χ0) is 8.15. The SMILES string of the molecule is CCC(C)C(Cl)OC(C)=O. The molecule has 0 heterocycles. The van der Waals surface area contributed by atoms with Gasteiger partial charge in [-0.15, -0.1) is 0 Å². The van der Waals surface area contributed by atoms with E-state index < -0.39 is 5.56 Å². The van der Waals surface area contributed by atoms with E-state index in [1.54, 1.807) is 0 Å². The van der Waals surface area contributed by atoms with E-state index in [0.717, 1.165) is 6.42 Å². The smallest absolute Gasteiger partial charge is 0.304 e. The van der Waals surface area contributed by atoms with Gasteiger partial charge in [-0.2, -0.15) is 0 Å². The Balaban J connectivity index is 3.61. The topological polar surface area (TPSA) is 26.3 Å². The van der Waals surface area contributed by atoms with Crippen LogP contribution in [0.4, 0.5) is 0 Å². The second-order valence-electron chi connectivity index (χ2n) is 2.35. The van der Waals surface area contributed by atoms with E-state index in [2.05, 4.69) is 0 Å². The van der Waals surface area contributed by atoms with Crippen LogP contribution in [0, 0.1) is 5.92 Å². The number of ether oxygens (including phenoxy) is 1. The van der Waals surface area contributed by atoms with Gasteiger partial charge < -0.3 is 4.74 Å². The molecule has 0 aliphatic carbocycles. The quantitative estimate of drug-likeness (QED) is 0.472. The predicted octanol–water partition coefficient (Wildman–Crippen LogP) is 2.16. The molecular weight excluding hydrogens is 152 g/mol. The van der Waals surface area contributed by atoms with Crippen molar-refractivity contribution in [2.45, 2.75) is 32.8 Å². The Labute approximate surface area is 66.5 Å². The fourth-order valence-electron chi connectivity index (χ4n) is 0.460. The van der Waals surface area contributed by atoms with Crippen molar-refractivity contribution >= 4 is 17.6 Å². The van der Waals surface area contributed by atoms with E-state index in [-0.39, 0.29) is 11.9 Å². The summed E-state index contributed by atoms with van der Waals surface area (Å²) in [6, 6.07) is 0. The van der Waals surface area contributed by atoms with Crippen LogP contribution < -0.4 is 0 Å². The maximum atomic E-state index is 10.4. The highest BCUT2D eigenvalue weighted by atomic mass is 35.5. The monoisotopic (exact) mass is 164 g/mol. The first kappa shape index (κ1) is 9.76. The molecule has 10 heavy (non-hydrogen) atoms. The summed E-state index contributed by atoms with van der Waals surface area (Å²) in [4.78, 5) is 10.4. The van der Waals surface area contributed by atoms with E-state index >= 15 is 0 Å². The number of esters is 1. The third-order valence-electron chi connectivity index (χ3n) is 1.37. The molecule has 0 aromatic heterocycles. The number of rotatable bonds is 3. The standard InChI is InChI=1S/C7H13ClO2/c1-4-5(2)7(8)10-6(3)9/h5,7H,4H2,1-3H3. The van der Waals surface area contributed by atoms with Gasteiger partial charge in [-0.05, 0) is 6.42 Å². The van der Waals surface area contributed by atoms with Crippen LogP contribution in [0.25, 0.3) is 0 Å². The number of hydrogen-bond donors (Lipinski definition) is 0. The van der Waals surface area contributed by atoms with Gasteiger partial charge in [0.25, 0.3) is 0 Å². The van der Waals surface area contributed by atoms with Crippen LogP contribution in [0.2, 0.25) is 0 Å². The van der Waals surface area contributed by atoms with Crippen molar-refractivity contribution in [2.24, 2.45) is 5.92 Å². The van der Waals surface area contributed by atoms with Gasteiger partial charge in [-0.3, -0.25) is 4.79 Å². The van der Waals surface area contributed by atoms with Gasteiger partial charge in [-0.25, -0.2) is 0 Å². The lowest BCUT2D eigenvalue weighted by Gasteiger charge is -2.14. The van der Waals surface area contributed by atoms with E-state index in [1.165, 1.54) is 6.92 Å². The summed E-state index contributed by atoms with van der Waals surface area (Å²) in [5.74, 6) is -0.0918. The fourth-order valence-corrected chi connectivity index (χ4v) is 0.764. The van der Waals surface area contributed by atoms with Crippen LogP contribution >= 0.6 is 11.6 Å². The molecule has 0 saturated carbocycles. The molecule has 0 bridgehead atoms. The van der Waals surface area contributed by atoms with Crippen molar-refractivity contribution in [1.82, 2.24) is 0 Å². The predicted molar refractivity (Wildman–Crippen MR) is 40.9 cm³/mol. The molecule has 0 radical (unpaired) electrons. The Morgan fingerprint density at radius 3 is 2.50 bits per heavy atom. The molecule has 0 spiro atoms. The maximum Gasteiger partial charge on any atom is 0.304 e. The van der Waals surface area contributed by atoms with Gasteiger partial charge in [-0.1, -0.05) is 25.4 Å². The molecule has 0 amide bonds. The molecule has 0 aliphatic rings. The molecule has 0 N–H and O–H groups in total. The second-order valence-corrected chi connectivity index (χ2v) is 2.78. The van der Waals surface area contributed by atoms with Crippen molar-refractivity contribution < 1.29 is 9.53 Å². The third-order valence-corrected chi connectivity index (χ3v) is 1.89. The number of carbonyl (C=O) groups excluding carboxylic acids is 1. The van der Waals surface area contributed by atoms with Crippen molar-refractivity contribution in [1.29, 1.82) is 0 Å². The van der Waals surface area contributed by atoms with Crippen molar-refractivity contribution in [3.05, 3.63) is 0 Å². The molecule has 0 saturated heterocycles. The minimum absolute atomic E-state index is 0.227. The van der Waals surface area contributed by atoms with Crippen LogP contribution in [-0.4, -0.2) is 11.5 Å². The number of halogens is 1. The summed E-state index contributed by atoms with van der Waals surface area (Å²) in [6.45, 7) is 5.31. The fraction of sp³-hybridized carbons (Fsp3) is 0.857. The largest absolute Gasteiger partial charge is 0.446 e. The summed E-state index contributed by atoms with van der Waals surface area (Å²) in [5, 5.41) is 0. The van der Waals surface area contributed by atoms with Crippen molar-refractivity contribution in [3.63, 3.8) is 0 Å². The molecule has 60 valence electrons. The first-order valence-corrected chi connectivity index (χ1v) is 3.82. The molecule has 0 aromatic rings. The molecule has 2 nitrogen and oxygen atoms in total. The molecule has 0 aromatic carbocycles. The third kappa shape index (κ3) is 3.72. The second kappa shape index (κ2) is 4.56. The van der Waals surface area contributed by atoms with E-state index in [4.69, 9.17) is 16.3 Å². The van der Waals surface area contributed by atoms with Gasteiger partial charge >= 0.3 is 5.97 Å². The van der Waals surface area contributed by atoms with Crippen molar-refractivity contribution in [2.75, 3.05) is 0 Å². The molecule has 0 rings (SSSR count). The van der Waals surface area contributed by atoms with Gasteiger partial charge in [0.15, 0.2) is 5.56 Å². The van der Waals surface area contributed by atoms with E-state index in [0.29, 0.717) is 0 Å². The normalized spacial score (nSPS) is 16.0. The summed E-state index contributed by atoms with van der Waals surface area (Å²) < 4.78 is 4.73. The van der Waals surface area contributed by atoms with Gasteiger partial charge in [0.1, 0.15) is 0 Å². The highest BCUT2D eigenvalue weighted by Gasteiger charge is 2.14. The zero-order valence-electron chi connectivity index (χ0n) is 6.56. The highest BCUT2D eigenvalue weighted by Crippen LogP contribution is 2.14. The molecule has 2 unspecified atom stereocenters. The Morgan fingerprint density at radius 1 is 1.70 bits per heavy atom. The van der Waals surface area contributed by atoms with Gasteiger partial charge in [0.2, 0.25) is 0 Å². The minimum atomic E-state index is -0.470. The average molecular weight is 165 g/mol. The zero-order valence-corrected chi connectivity index (χ0v) is 7.31. The summed E-state index contributed by atoms with van der Waals surface area (Å²) >= 11 is 5.68. The van der Waals surface area contributed by atoms with Gasteiger partial charge in [0, 0.05) is 12.8 Å². The highest BCUT2D eigenvalue weighted by molar-refractivity contribution is 6.20. The molecular formula is C7H13ClO2. The molecule has 3 heteroatoms. The Hall–Kier alpha value is -0.240. The number of carbonyl (C=O) groups is 1. The average Bonchev–Trinajstić information content (AvgIpc) is 1.85. The summed E-state index contributed by atoms with van der Waals surface area (Å²) in [6.07, 6.45) is 0.918.